The Bertz CT molecular complexity index is 686. The predicted octanol–water partition coefficient (Wildman–Crippen LogP) is 1.98. The summed E-state index contributed by atoms with van der Waals surface area (Å²) in [5.41, 5.74) is 1.45. The fourth-order valence-corrected chi connectivity index (χ4v) is 2.69. The molecule has 128 valence electrons. The third-order valence-corrected chi connectivity index (χ3v) is 3.67. The van der Waals surface area contributed by atoms with E-state index in [-0.39, 0.29) is 11.7 Å². The second-order valence-electron chi connectivity index (χ2n) is 5.36. The number of benzene rings is 1. The molecule has 2 N–H and O–H groups in total. The zero-order valence-corrected chi connectivity index (χ0v) is 12.5. The number of aromatic nitrogens is 2. The SMILES string of the molecule is O=C1NCCN(Cc2ccn[nH]2)C1c1ccc(OC(F)(F)F)cc1. The number of nitrogens with one attached hydrogen (secondary N) is 2. The van der Waals surface area contributed by atoms with Gasteiger partial charge in [-0.2, -0.15) is 5.10 Å². The molecule has 1 aromatic carbocycles. The predicted molar refractivity (Wildman–Crippen MR) is 77.9 cm³/mol. The first-order valence-corrected chi connectivity index (χ1v) is 7.28. The summed E-state index contributed by atoms with van der Waals surface area (Å²) in [6, 6.07) is 6.58. The van der Waals surface area contributed by atoms with Gasteiger partial charge in [-0.05, 0) is 23.8 Å². The van der Waals surface area contributed by atoms with Crippen LogP contribution >= 0.6 is 0 Å². The van der Waals surface area contributed by atoms with Crippen LogP contribution < -0.4 is 10.1 Å². The summed E-state index contributed by atoms with van der Waals surface area (Å²) in [4.78, 5) is 14.2. The highest BCUT2D eigenvalue weighted by Crippen LogP contribution is 2.28. The number of carbonyl (C=O) groups is 1. The maximum atomic E-state index is 12.3. The number of hydrogen-bond acceptors (Lipinski definition) is 4. The van der Waals surface area contributed by atoms with Crippen LogP contribution in [0.2, 0.25) is 0 Å². The van der Waals surface area contributed by atoms with Crippen LogP contribution in [-0.2, 0) is 11.3 Å². The quantitative estimate of drug-likeness (QED) is 0.893. The molecule has 1 unspecified atom stereocenters. The van der Waals surface area contributed by atoms with E-state index in [9.17, 15) is 18.0 Å². The summed E-state index contributed by atoms with van der Waals surface area (Å²) < 4.78 is 40.5. The molecule has 0 radical (unpaired) electrons. The maximum Gasteiger partial charge on any atom is 0.573 e. The number of amides is 1. The molecule has 1 fully saturated rings. The number of carbonyl (C=O) groups excluding carboxylic acids is 1. The number of piperazine rings is 1. The molecule has 6 nitrogen and oxygen atoms in total. The smallest absolute Gasteiger partial charge is 0.406 e. The van der Waals surface area contributed by atoms with Gasteiger partial charge in [-0.15, -0.1) is 13.2 Å². The molecule has 0 aliphatic carbocycles. The third kappa shape index (κ3) is 3.85. The van der Waals surface area contributed by atoms with Crippen molar-refractivity contribution >= 4 is 5.91 Å². The Morgan fingerprint density at radius 3 is 2.62 bits per heavy atom. The Balaban J connectivity index is 1.79. The molecular formula is C15H15F3N4O2. The van der Waals surface area contributed by atoms with E-state index < -0.39 is 12.4 Å². The Labute approximate surface area is 135 Å². The van der Waals surface area contributed by atoms with Crippen molar-refractivity contribution in [3.63, 3.8) is 0 Å². The van der Waals surface area contributed by atoms with Gasteiger partial charge in [0.2, 0.25) is 5.91 Å². The van der Waals surface area contributed by atoms with Gasteiger partial charge in [-0.25, -0.2) is 0 Å². The number of halogens is 3. The number of rotatable bonds is 4. The van der Waals surface area contributed by atoms with Crippen LogP contribution in [0.3, 0.4) is 0 Å². The first-order valence-electron chi connectivity index (χ1n) is 7.28. The van der Waals surface area contributed by atoms with E-state index in [0.29, 0.717) is 25.2 Å². The van der Waals surface area contributed by atoms with Crippen LogP contribution in [0.25, 0.3) is 0 Å². The van der Waals surface area contributed by atoms with E-state index >= 15 is 0 Å². The maximum absolute atomic E-state index is 12.3. The lowest BCUT2D eigenvalue weighted by molar-refractivity contribution is -0.274. The molecular weight excluding hydrogens is 325 g/mol. The number of nitrogens with zero attached hydrogens (tertiary/aromatic N) is 2. The van der Waals surface area contributed by atoms with E-state index in [1.165, 1.54) is 24.3 Å². The van der Waals surface area contributed by atoms with Gasteiger partial charge in [0.05, 0.1) is 0 Å². The number of ether oxygens (including phenoxy) is 1. The summed E-state index contributed by atoms with van der Waals surface area (Å²) >= 11 is 0. The van der Waals surface area contributed by atoms with E-state index in [4.69, 9.17) is 0 Å². The van der Waals surface area contributed by atoms with Crippen molar-refractivity contribution in [1.29, 1.82) is 0 Å². The van der Waals surface area contributed by atoms with Gasteiger partial charge in [0.25, 0.3) is 0 Å². The van der Waals surface area contributed by atoms with Gasteiger partial charge in [0.15, 0.2) is 0 Å². The fourth-order valence-electron chi connectivity index (χ4n) is 2.69. The first-order chi connectivity index (χ1) is 11.4. The van der Waals surface area contributed by atoms with E-state index in [1.54, 1.807) is 6.20 Å². The molecule has 0 saturated carbocycles. The number of H-pyrrole nitrogens is 1. The third-order valence-electron chi connectivity index (χ3n) is 3.67. The molecule has 1 saturated heterocycles. The first kappa shape index (κ1) is 16.3. The van der Waals surface area contributed by atoms with Crippen LogP contribution in [0, 0.1) is 0 Å². The molecule has 0 bridgehead atoms. The molecule has 9 heteroatoms. The molecule has 0 spiro atoms. The van der Waals surface area contributed by atoms with Crippen LogP contribution in [0.5, 0.6) is 5.75 Å². The van der Waals surface area contributed by atoms with Crippen LogP contribution in [0.1, 0.15) is 17.3 Å². The molecule has 2 aromatic rings. The standard InChI is InChI=1S/C15H15F3N4O2/c16-15(17,18)24-12-3-1-10(2-4-12)13-14(23)19-7-8-22(13)9-11-5-6-20-21-11/h1-6,13H,7-9H2,(H,19,23)(H,20,21). The number of alkyl halides is 3. The normalized spacial score (nSPS) is 19.1. The lowest BCUT2D eigenvalue weighted by Crippen LogP contribution is -2.49. The monoisotopic (exact) mass is 340 g/mol. The minimum atomic E-state index is -4.74. The van der Waals surface area contributed by atoms with Gasteiger partial charge in [-0.1, -0.05) is 12.1 Å². The van der Waals surface area contributed by atoms with E-state index in [1.807, 2.05) is 11.0 Å². The fraction of sp³-hybridized carbons (Fsp3) is 0.333. The summed E-state index contributed by atoms with van der Waals surface area (Å²) in [5.74, 6) is -0.507. The second-order valence-corrected chi connectivity index (χ2v) is 5.36. The van der Waals surface area contributed by atoms with Crippen LogP contribution in [0.4, 0.5) is 13.2 Å². The van der Waals surface area contributed by atoms with Crippen molar-refractivity contribution < 1.29 is 22.7 Å². The lowest BCUT2D eigenvalue weighted by Gasteiger charge is -2.34. The molecule has 1 amide bonds. The van der Waals surface area contributed by atoms with Crippen molar-refractivity contribution in [2.24, 2.45) is 0 Å². The Morgan fingerprint density at radius 2 is 2.00 bits per heavy atom. The minimum Gasteiger partial charge on any atom is -0.406 e. The van der Waals surface area contributed by atoms with Crippen LogP contribution in [-0.4, -0.2) is 40.5 Å². The molecule has 1 aromatic heterocycles. The Kier molecular flexibility index (Phi) is 4.43. The molecule has 24 heavy (non-hydrogen) atoms. The average Bonchev–Trinajstić information content (AvgIpc) is 3.00. The number of hydrogen-bond donors (Lipinski definition) is 2. The largest absolute Gasteiger partial charge is 0.573 e. The molecule has 1 aliphatic heterocycles. The van der Waals surface area contributed by atoms with Gasteiger partial charge in [0, 0.05) is 31.5 Å². The Hall–Kier alpha value is -2.55. The molecule has 1 aliphatic rings. The van der Waals surface area contributed by atoms with E-state index in [2.05, 4.69) is 20.3 Å². The van der Waals surface area contributed by atoms with Gasteiger partial charge in [0.1, 0.15) is 11.8 Å². The van der Waals surface area contributed by atoms with Crippen molar-refractivity contribution in [3.8, 4) is 5.75 Å². The minimum absolute atomic E-state index is 0.190. The summed E-state index contributed by atoms with van der Waals surface area (Å²) in [7, 11) is 0. The zero-order chi connectivity index (χ0) is 17.2. The topological polar surface area (TPSA) is 70.2 Å². The highest BCUT2D eigenvalue weighted by atomic mass is 19.4. The van der Waals surface area contributed by atoms with Crippen molar-refractivity contribution in [2.45, 2.75) is 18.9 Å². The average molecular weight is 340 g/mol. The highest BCUT2D eigenvalue weighted by molar-refractivity contribution is 5.83. The van der Waals surface area contributed by atoms with Gasteiger partial charge in [-0.3, -0.25) is 14.8 Å². The van der Waals surface area contributed by atoms with Crippen molar-refractivity contribution in [3.05, 3.63) is 47.8 Å². The summed E-state index contributed by atoms with van der Waals surface area (Å²) in [5, 5.41) is 9.49. The molecule has 2 heterocycles. The van der Waals surface area contributed by atoms with E-state index in [0.717, 1.165) is 5.69 Å². The van der Waals surface area contributed by atoms with Gasteiger partial charge >= 0.3 is 6.36 Å². The van der Waals surface area contributed by atoms with Gasteiger partial charge < -0.3 is 10.1 Å². The van der Waals surface area contributed by atoms with Crippen molar-refractivity contribution in [2.75, 3.05) is 13.1 Å². The lowest BCUT2D eigenvalue weighted by atomic mass is 10.0. The zero-order valence-electron chi connectivity index (χ0n) is 12.5. The Morgan fingerprint density at radius 1 is 1.25 bits per heavy atom. The number of aromatic amines is 1. The highest BCUT2D eigenvalue weighted by Gasteiger charge is 2.33. The molecule has 3 rings (SSSR count). The second kappa shape index (κ2) is 6.52. The molecule has 1 atom stereocenters. The summed E-state index contributed by atoms with van der Waals surface area (Å²) in [6.45, 7) is 1.62. The van der Waals surface area contributed by atoms with Crippen LogP contribution in [0.15, 0.2) is 36.5 Å². The summed E-state index contributed by atoms with van der Waals surface area (Å²) in [6.07, 6.45) is -3.12. The van der Waals surface area contributed by atoms with Crippen molar-refractivity contribution in [1.82, 2.24) is 20.4 Å².